The summed E-state index contributed by atoms with van der Waals surface area (Å²) in [6, 6.07) is 1.92. The molecule has 20 heavy (non-hydrogen) atoms. The van der Waals surface area contributed by atoms with Gasteiger partial charge in [0.15, 0.2) is 0 Å². The molecule has 108 valence electrons. The Morgan fingerprint density at radius 3 is 2.50 bits per heavy atom. The Kier molecular flexibility index (Phi) is 3.29. The third-order valence-corrected chi connectivity index (χ3v) is 4.50. The molecule has 0 unspecified atom stereocenters. The zero-order chi connectivity index (χ0) is 14.4. The highest BCUT2D eigenvalue weighted by atomic mass is 16.7. The summed E-state index contributed by atoms with van der Waals surface area (Å²) in [4.78, 5) is 4.15. The first-order valence-corrected chi connectivity index (χ1v) is 7.31. The van der Waals surface area contributed by atoms with Gasteiger partial charge in [0, 0.05) is 11.7 Å². The maximum absolute atomic E-state index is 6.08. The van der Waals surface area contributed by atoms with Gasteiger partial charge in [0.05, 0.1) is 24.0 Å². The number of nitrogens with zero attached hydrogens (tertiary/aromatic N) is 1. The van der Waals surface area contributed by atoms with Crippen molar-refractivity contribution in [1.29, 1.82) is 0 Å². The number of pyridine rings is 1. The maximum Gasteiger partial charge on any atom is 0.498 e. The Bertz CT molecular complexity index is 484. The third-order valence-electron chi connectivity index (χ3n) is 4.50. The van der Waals surface area contributed by atoms with Crippen LogP contribution in [0, 0.1) is 5.92 Å². The van der Waals surface area contributed by atoms with Gasteiger partial charge < -0.3 is 14.0 Å². The standard InChI is InChI=1S/C15H22BNO3/c1-14(2)15(3,4)20-16(19-14)12-7-8-17-9-13(12)18-10-11-5-6-11/h7-9,11H,5-6,10H2,1-4H3. The summed E-state index contributed by atoms with van der Waals surface area (Å²) in [7, 11) is -0.391. The quantitative estimate of drug-likeness (QED) is 0.790. The molecule has 0 amide bonds. The minimum Gasteiger partial charge on any atom is -0.492 e. The molecule has 1 aromatic rings. The van der Waals surface area contributed by atoms with E-state index in [4.69, 9.17) is 14.0 Å². The highest BCUT2D eigenvalue weighted by molar-refractivity contribution is 6.63. The summed E-state index contributed by atoms with van der Waals surface area (Å²) in [5.41, 5.74) is 0.253. The number of hydrogen-bond donors (Lipinski definition) is 0. The molecule has 1 aliphatic heterocycles. The van der Waals surface area contributed by atoms with Gasteiger partial charge in [-0.25, -0.2) is 0 Å². The van der Waals surface area contributed by atoms with Crippen LogP contribution in [0.2, 0.25) is 0 Å². The van der Waals surface area contributed by atoms with Gasteiger partial charge in [-0.2, -0.15) is 0 Å². The Morgan fingerprint density at radius 2 is 1.90 bits per heavy atom. The van der Waals surface area contributed by atoms with Crippen LogP contribution in [0.3, 0.4) is 0 Å². The van der Waals surface area contributed by atoms with E-state index >= 15 is 0 Å². The predicted molar refractivity (Wildman–Crippen MR) is 78.2 cm³/mol. The Balaban J connectivity index is 1.79. The molecule has 1 saturated carbocycles. The van der Waals surface area contributed by atoms with Crippen LogP contribution < -0.4 is 10.2 Å². The van der Waals surface area contributed by atoms with Gasteiger partial charge in [0.1, 0.15) is 5.75 Å². The van der Waals surface area contributed by atoms with Crippen molar-refractivity contribution in [2.75, 3.05) is 6.61 Å². The van der Waals surface area contributed by atoms with E-state index in [0.29, 0.717) is 5.92 Å². The summed E-state index contributed by atoms with van der Waals surface area (Å²) >= 11 is 0. The van der Waals surface area contributed by atoms with Crippen LogP contribution >= 0.6 is 0 Å². The van der Waals surface area contributed by atoms with Gasteiger partial charge in [-0.1, -0.05) is 0 Å². The molecule has 5 heteroatoms. The lowest BCUT2D eigenvalue weighted by Crippen LogP contribution is -2.41. The second kappa shape index (κ2) is 4.74. The fourth-order valence-corrected chi connectivity index (χ4v) is 2.17. The molecule has 0 aromatic carbocycles. The number of aromatic nitrogens is 1. The van der Waals surface area contributed by atoms with E-state index in [-0.39, 0.29) is 11.2 Å². The average molecular weight is 275 g/mol. The first-order chi connectivity index (χ1) is 9.39. The van der Waals surface area contributed by atoms with Gasteiger partial charge in [-0.3, -0.25) is 4.98 Å². The second-order valence-corrected chi connectivity index (χ2v) is 6.76. The zero-order valence-electron chi connectivity index (χ0n) is 12.7. The van der Waals surface area contributed by atoms with E-state index in [2.05, 4.69) is 32.7 Å². The minimum absolute atomic E-state index is 0.339. The van der Waals surface area contributed by atoms with Gasteiger partial charge >= 0.3 is 7.12 Å². The lowest BCUT2D eigenvalue weighted by atomic mass is 9.79. The molecule has 2 fully saturated rings. The second-order valence-electron chi connectivity index (χ2n) is 6.76. The molecule has 3 rings (SSSR count). The molecule has 2 aliphatic rings. The molecule has 0 N–H and O–H groups in total. The van der Waals surface area contributed by atoms with Crippen molar-refractivity contribution < 1.29 is 14.0 Å². The van der Waals surface area contributed by atoms with Crippen molar-refractivity contribution in [3.8, 4) is 5.75 Å². The Labute approximate surface area is 121 Å². The van der Waals surface area contributed by atoms with Crippen LogP contribution in [0.5, 0.6) is 5.75 Å². The monoisotopic (exact) mass is 275 g/mol. The predicted octanol–water partition coefficient (Wildman–Crippen LogP) is 2.17. The van der Waals surface area contributed by atoms with Crippen LogP contribution in [0.4, 0.5) is 0 Å². The van der Waals surface area contributed by atoms with Crippen molar-refractivity contribution in [2.45, 2.75) is 51.7 Å². The van der Waals surface area contributed by atoms with E-state index < -0.39 is 7.12 Å². The lowest BCUT2D eigenvalue weighted by Gasteiger charge is -2.32. The fourth-order valence-electron chi connectivity index (χ4n) is 2.17. The summed E-state index contributed by atoms with van der Waals surface area (Å²) in [5, 5.41) is 0. The molecule has 0 atom stereocenters. The van der Waals surface area contributed by atoms with E-state index in [0.717, 1.165) is 17.8 Å². The van der Waals surface area contributed by atoms with E-state index in [9.17, 15) is 0 Å². The highest BCUT2D eigenvalue weighted by Crippen LogP contribution is 2.37. The van der Waals surface area contributed by atoms with Crippen LogP contribution in [-0.4, -0.2) is 29.9 Å². The molecule has 1 saturated heterocycles. The third kappa shape index (κ3) is 2.57. The van der Waals surface area contributed by atoms with Crippen LogP contribution in [0.25, 0.3) is 0 Å². The van der Waals surface area contributed by atoms with Crippen LogP contribution in [-0.2, 0) is 9.31 Å². The summed E-state index contributed by atoms with van der Waals surface area (Å²) < 4.78 is 18.1. The smallest absolute Gasteiger partial charge is 0.492 e. The van der Waals surface area contributed by atoms with Gasteiger partial charge in [-0.05, 0) is 52.5 Å². The SMILES string of the molecule is CC1(C)OB(c2ccncc2OCC2CC2)OC1(C)C. The molecule has 0 bridgehead atoms. The Hall–Kier alpha value is -1.07. The summed E-state index contributed by atoms with van der Waals surface area (Å²) in [6.07, 6.45) is 6.05. The van der Waals surface area contributed by atoms with Crippen LogP contribution in [0.15, 0.2) is 18.5 Å². The largest absolute Gasteiger partial charge is 0.498 e. The number of rotatable bonds is 4. The fraction of sp³-hybridized carbons (Fsp3) is 0.667. The molecule has 1 aliphatic carbocycles. The maximum atomic E-state index is 6.08. The van der Waals surface area contributed by atoms with Gasteiger partial charge in [0.25, 0.3) is 0 Å². The number of ether oxygens (including phenoxy) is 1. The van der Waals surface area contributed by atoms with E-state index in [1.54, 1.807) is 12.4 Å². The first kappa shape index (κ1) is 13.9. The first-order valence-electron chi connectivity index (χ1n) is 7.31. The van der Waals surface area contributed by atoms with E-state index in [1.807, 2.05) is 6.07 Å². The molecule has 4 nitrogen and oxygen atoms in total. The van der Waals surface area contributed by atoms with Crippen molar-refractivity contribution >= 4 is 12.6 Å². The average Bonchev–Trinajstić information content (AvgIpc) is 3.15. The molecule has 1 aromatic heterocycles. The zero-order valence-corrected chi connectivity index (χ0v) is 12.7. The normalized spacial score (nSPS) is 23.9. The molecule has 0 spiro atoms. The molecule has 2 heterocycles. The molecule has 0 radical (unpaired) electrons. The lowest BCUT2D eigenvalue weighted by molar-refractivity contribution is 0.00578. The minimum atomic E-state index is -0.391. The van der Waals surface area contributed by atoms with Gasteiger partial charge in [-0.15, -0.1) is 0 Å². The van der Waals surface area contributed by atoms with Crippen molar-refractivity contribution in [3.63, 3.8) is 0 Å². The van der Waals surface area contributed by atoms with E-state index in [1.165, 1.54) is 12.8 Å². The summed E-state index contributed by atoms with van der Waals surface area (Å²) in [5.74, 6) is 1.49. The Morgan fingerprint density at radius 1 is 1.25 bits per heavy atom. The van der Waals surface area contributed by atoms with Crippen molar-refractivity contribution in [1.82, 2.24) is 4.98 Å². The highest BCUT2D eigenvalue weighted by Gasteiger charge is 2.52. The van der Waals surface area contributed by atoms with Crippen molar-refractivity contribution in [2.24, 2.45) is 5.92 Å². The molecular formula is C15H22BNO3. The number of hydrogen-bond acceptors (Lipinski definition) is 4. The topological polar surface area (TPSA) is 40.6 Å². The van der Waals surface area contributed by atoms with Crippen molar-refractivity contribution in [3.05, 3.63) is 18.5 Å². The molecular weight excluding hydrogens is 253 g/mol. The van der Waals surface area contributed by atoms with Crippen LogP contribution in [0.1, 0.15) is 40.5 Å². The van der Waals surface area contributed by atoms with Gasteiger partial charge in [0.2, 0.25) is 0 Å². The summed E-state index contributed by atoms with van der Waals surface area (Å²) in [6.45, 7) is 8.98.